The van der Waals surface area contributed by atoms with Crippen LogP contribution in [0.5, 0.6) is 0 Å². The van der Waals surface area contributed by atoms with Crippen molar-refractivity contribution in [2.45, 2.75) is 45.4 Å². The maximum atomic E-state index is 12.8. The van der Waals surface area contributed by atoms with E-state index in [9.17, 15) is 9.59 Å². The molecule has 1 aromatic rings. The lowest BCUT2D eigenvalue weighted by Crippen LogP contribution is -2.36. The van der Waals surface area contributed by atoms with Crippen LogP contribution in [-0.2, 0) is 17.6 Å². The highest BCUT2D eigenvalue weighted by molar-refractivity contribution is 5.94. The molecule has 0 unspecified atom stereocenters. The van der Waals surface area contributed by atoms with Crippen molar-refractivity contribution < 1.29 is 9.59 Å². The molecular formula is C16H24N4O2. The van der Waals surface area contributed by atoms with E-state index in [1.165, 1.54) is 0 Å². The van der Waals surface area contributed by atoms with Crippen molar-refractivity contribution in [3.63, 3.8) is 0 Å². The highest BCUT2D eigenvalue weighted by Crippen LogP contribution is 2.23. The lowest BCUT2D eigenvalue weighted by atomic mass is 9.95. The molecular weight excluding hydrogens is 280 g/mol. The number of H-pyrrole nitrogens is 1. The molecule has 1 aliphatic heterocycles. The topological polar surface area (TPSA) is 69.3 Å². The second-order valence-corrected chi connectivity index (χ2v) is 6.16. The number of carbonyl (C=O) groups excluding carboxylic acids is 2. The van der Waals surface area contributed by atoms with Gasteiger partial charge in [-0.1, -0.05) is 6.92 Å². The fourth-order valence-corrected chi connectivity index (χ4v) is 3.38. The lowest BCUT2D eigenvalue weighted by molar-refractivity contribution is -0.130. The third-order valence-electron chi connectivity index (χ3n) is 4.63. The Balaban J connectivity index is 1.72. The van der Waals surface area contributed by atoms with E-state index in [4.69, 9.17) is 0 Å². The quantitative estimate of drug-likeness (QED) is 0.917. The summed E-state index contributed by atoms with van der Waals surface area (Å²) in [6.45, 7) is 4.58. The summed E-state index contributed by atoms with van der Waals surface area (Å²) in [7, 11) is 0. The monoisotopic (exact) mass is 304 g/mol. The molecule has 6 heteroatoms. The number of amides is 2. The van der Waals surface area contributed by atoms with Gasteiger partial charge in [0.1, 0.15) is 0 Å². The average Bonchev–Trinajstić information content (AvgIpc) is 2.88. The number of rotatable bonds is 3. The van der Waals surface area contributed by atoms with E-state index >= 15 is 0 Å². The van der Waals surface area contributed by atoms with Gasteiger partial charge in [0, 0.05) is 43.9 Å². The number of aromatic nitrogens is 2. The Bertz CT molecular complexity index is 566. The van der Waals surface area contributed by atoms with Gasteiger partial charge in [-0.2, -0.15) is 5.10 Å². The molecule has 1 aliphatic carbocycles. The van der Waals surface area contributed by atoms with E-state index in [1.807, 2.05) is 4.90 Å². The Morgan fingerprint density at radius 2 is 2.00 bits per heavy atom. The molecule has 1 fully saturated rings. The number of carbonyl (C=O) groups is 2. The summed E-state index contributed by atoms with van der Waals surface area (Å²) in [5.41, 5.74) is 2.79. The van der Waals surface area contributed by atoms with Crippen LogP contribution in [0.3, 0.4) is 0 Å². The van der Waals surface area contributed by atoms with Gasteiger partial charge < -0.3 is 9.80 Å². The molecule has 0 spiro atoms. The molecule has 2 aliphatic rings. The van der Waals surface area contributed by atoms with Crippen molar-refractivity contribution in [2.24, 2.45) is 0 Å². The Hall–Kier alpha value is -1.85. The zero-order chi connectivity index (χ0) is 15.5. The molecule has 0 radical (unpaired) electrons. The van der Waals surface area contributed by atoms with Gasteiger partial charge in [0.15, 0.2) is 5.69 Å². The van der Waals surface area contributed by atoms with Crippen LogP contribution >= 0.6 is 0 Å². The van der Waals surface area contributed by atoms with Crippen LogP contribution in [0.2, 0.25) is 0 Å². The molecule has 0 saturated carbocycles. The summed E-state index contributed by atoms with van der Waals surface area (Å²) < 4.78 is 0. The maximum Gasteiger partial charge on any atom is 0.274 e. The molecule has 22 heavy (non-hydrogen) atoms. The van der Waals surface area contributed by atoms with E-state index in [-0.39, 0.29) is 11.8 Å². The molecule has 120 valence electrons. The summed E-state index contributed by atoms with van der Waals surface area (Å²) in [5.74, 6) is 0.131. The number of nitrogens with zero attached hydrogens (tertiary/aromatic N) is 3. The number of nitrogens with one attached hydrogen (secondary N) is 1. The van der Waals surface area contributed by atoms with Gasteiger partial charge in [-0.25, -0.2) is 0 Å². The molecule has 3 rings (SSSR count). The van der Waals surface area contributed by atoms with Crippen molar-refractivity contribution in [3.8, 4) is 0 Å². The van der Waals surface area contributed by atoms with Crippen molar-refractivity contribution in [2.75, 3.05) is 26.2 Å². The summed E-state index contributed by atoms with van der Waals surface area (Å²) in [5, 5.41) is 7.29. The molecule has 0 atom stereocenters. The second-order valence-electron chi connectivity index (χ2n) is 6.16. The van der Waals surface area contributed by atoms with Crippen LogP contribution in [0, 0.1) is 0 Å². The van der Waals surface area contributed by atoms with Gasteiger partial charge in [0.25, 0.3) is 5.91 Å². The van der Waals surface area contributed by atoms with E-state index in [0.29, 0.717) is 31.7 Å². The van der Waals surface area contributed by atoms with E-state index in [2.05, 4.69) is 17.1 Å². The first-order valence-corrected chi connectivity index (χ1v) is 8.34. The smallest absolute Gasteiger partial charge is 0.274 e. The van der Waals surface area contributed by atoms with Crippen molar-refractivity contribution in [1.29, 1.82) is 0 Å². The van der Waals surface area contributed by atoms with Gasteiger partial charge in [-0.15, -0.1) is 0 Å². The lowest BCUT2D eigenvalue weighted by Gasteiger charge is -2.22. The van der Waals surface area contributed by atoms with Crippen LogP contribution in [0.1, 0.15) is 54.4 Å². The predicted octanol–water partition coefficient (Wildman–Crippen LogP) is 1.37. The van der Waals surface area contributed by atoms with Crippen molar-refractivity contribution >= 4 is 11.8 Å². The SMILES string of the molecule is CCCN1CCN(C(=O)c2n[nH]c3c2CCCC3)CCC1=O. The first-order chi connectivity index (χ1) is 10.7. The minimum Gasteiger partial charge on any atom is -0.341 e. The summed E-state index contributed by atoms with van der Waals surface area (Å²) in [4.78, 5) is 28.5. The summed E-state index contributed by atoms with van der Waals surface area (Å²) in [6.07, 6.45) is 5.56. The van der Waals surface area contributed by atoms with Gasteiger partial charge >= 0.3 is 0 Å². The number of fused-ring (bicyclic) bond motifs is 1. The predicted molar refractivity (Wildman–Crippen MR) is 82.6 cm³/mol. The van der Waals surface area contributed by atoms with E-state index in [1.54, 1.807) is 4.90 Å². The van der Waals surface area contributed by atoms with Crippen molar-refractivity contribution in [3.05, 3.63) is 17.0 Å². The summed E-state index contributed by atoms with van der Waals surface area (Å²) >= 11 is 0. The zero-order valence-corrected chi connectivity index (χ0v) is 13.2. The molecule has 0 bridgehead atoms. The Morgan fingerprint density at radius 1 is 1.18 bits per heavy atom. The second kappa shape index (κ2) is 6.50. The highest BCUT2D eigenvalue weighted by atomic mass is 16.2. The third-order valence-corrected chi connectivity index (χ3v) is 4.63. The van der Waals surface area contributed by atoms with Crippen LogP contribution in [0.4, 0.5) is 0 Å². The zero-order valence-electron chi connectivity index (χ0n) is 13.2. The van der Waals surface area contributed by atoms with Gasteiger partial charge in [0.05, 0.1) is 0 Å². The summed E-state index contributed by atoms with van der Waals surface area (Å²) in [6, 6.07) is 0. The Labute approximate surface area is 130 Å². The Morgan fingerprint density at radius 3 is 2.82 bits per heavy atom. The van der Waals surface area contributed by atoms with Crippen molar-refractivity contribution in [1.82, 2.24) is 20.0 Å². The van der Waals surface area contributed by atoms with Crippen LogP contribution < -0.4 is 0 Å². The first-order valence-electron chi connectivity index (χ1n) is 8.34. The fraction of sp³-hybridized carbons (Fsp3) is 0.688. The van der Waals surface area contributed by atoms with Gasteiger partial charge in [-0.05, 0) is 32.1 Å². The van der Waals surface area contributed by atoms with Crippen LogP contribution in [0.25, 0.3) is 0 Å². The normalized spacial score (nSPS) is 19.0. The largest absolute Gasteiger partial charge is 0.341 e. The number of hydrogen-bond donors (Lipinski definition) is 1. The average molecular weight is 304 g/mol. The van der Waals surface area contributed by atoms with Crippen LogP contribution in [-0.4, -0.2) is 58.0 Å². The standard InChI is InChI=1S/C16H24N4O2/c1-2-8-19-10-11-20(9-7-14(19)21)16(22)15-12-5-3-4-6-13(12)17-18-15/h2-11H2,1H3,(H,17,18). The highest BCUT2D eigenvalue weighted by Gasteiger charge is 2.28. The number of aryl methyl sites for hydroxylation is 1. The molecule has 2 heterocycles. The van der Waals surface area contributed by atoms with Gasteiger partial charge in [0.2, 0.25) is 5.91 Å². The van der Waals surface area contributed by atoms with E-state index in [0.717, 1.165) is 49.9 Å². The molecule has 6 nitrogen and oxygen atoms in total. The minimum atomic E-state index is -0.0226. The third kappa shape index (κ3) is 2.87. The first kappa shape index (κ1) is 15.1. The minimum absolute atomic E-state index is 0.0226. The van der Waals surface area contributed by atoms with Gasteiger partial charge in [-0.3, -0.25) is 14.7 Å². The molecule has 1 saturated heterocycles. The molecule has 1 N–H and O–H groups in total. The maximum absolute atomic E-state index is 12.8. The molecule has 2 amide bonds. The van der Waals surface area contributed by atoms with E-state index < -0.39 is 0 Å². The number of aromatic amines is 1. The number of hydrogen-bond acceptors (Lipinski definition) is 3. The molecule has 0 aromatic carbocycles. The fourth-order valence-electron chi connectivity index (χ4n) is 3.38. The Kier molecular flexibility index (Phi) is 4.45. The molecule has 1 aromatic heterocycles. The van der Waals surface area contributed by atoms with Crippen LogP contribution in [0.15, 0.2) is 0 Å².